The molecule has 1 amide bonds. The van der Waals surface area contributed by atoms with Crippen molar-refractivity contribution in [3.8, 4) is 0 Å². The van der Waals surface area contributed by atoms with Crippen molar-refractivity contribution in [2.24, 2.45) is 0 Å². The van der Waals surface area contributed by atoms with Crippen LogP contribution in [0.5, 0.6) is 0 Å². The molecule has 86 heavy (non-hydrogen) atoms. The maximum atomic E-state index is 13.4. The molecule has 3 fully saturated rings. The van der Waals surface area contributed by atoms with E-state index in [1.54, 1.807) is 6.08 Å². The summed E-state index contributed by atoms with van der Waals surface area (Å²) >= 11 is 0. The Hall–Kier alpha value is -1.73. The topological polar surface area (TPSA) is 307 Å². The third kappa shape index (κ3) is 32.0. The van der Waals surface area contributed by atoms with E-state index in [4.69, 9.17) is 28.4 Å². The molecule has 0 aromatic heterocycles. The molecule has 0 radical (unpaired) electrons. The van der Waals surface area contributed by atoms with E-state index in [-0.39, 0.29) is 18.9 Å². The van der Waals surface area contributed by atoms with Crippen LogP contribution in [-0.4, -0.2) is 193 Å². The van der Waals surface area contributed by atoms with Gasteiger partial charge in [-0.15, -0.1) is 0 Å². The van der Waals surface area contributed by atoms with E-state index >= 15 is 0 Å². The Morgan fingerprint density at radius 1 is 0.407 bits per heavy atom. The van der Waals surface area contributed by atoms with Gasteiger partial charge in [-0.2, -0.15) is 0 Å². The summed E-state index contributed by atoms with van der Waals surface area (Å²) in [4.78, 5) is 13.4. The molecule has 0 saturated carbocycles. The molecule has 3 aliphatic heterocycles. The van der Waals surface area contributed by atoms with Gasteiger partial charge in [0.2, 0.25) is 5.91 Å². The van der Waals surface area contributed by atoms with Gasteiger partial charge in [-0.05, 0) is 32.1 Å². The minimum absolute atomic E-state index is 0.241. The summed E-state index contributed by atoms with van der Waals surface area (Å²) in [6.07, 6.45) is 28.7. The van der Waals surface area contributed by atoms with Gasteiger partial charge in [0.15, 0.2) is 18.9 Å². The first-order valence-corrected chi connectivity index (χ1v) is 34.6. The highest BCUT2D eigenvalue weighted by atomic mass is 16.8. The van der Waals surface area contributed by atoms with Crippen LogP contribution in [0.3, 0.4) is 0 Å². The summed E-state index contributed by atoms with van der Waals surface area (Å²) in [5.41, 5.74) is 0. The van der Waals surface area contributed by atoms with Gasteiger partial charge in [0.25, 0.3) is 0 Å². The lowest BCUT2D eigenvalue weighted by atomic mass is 9.96. The molecule has 19 heteroatoms. The van der Waals surface area contributed by atoms with Crippen LogP contribution in [0.15, 0.2) is 24.3 Å². The minimum Gasteiger partial charge on any atom is -0.394 e. The maximum Gasteiger partial charge on any atom is 0.220 e. The number of carbonyl (C=O) groups excluding carboxylic acids is 1. The van der Waals surface area contributed by atoms with Crippen LogP contribution in [0, 0.1) is 0 Å². The largest absolute Gasteiger partial charge is 0.394 e. The standard InChI is InChI=1S/C67H125NO18/c1-3-5-7-9-11-13-15-17-19-21-23-25-27-29-31-33-35-37-39-41-43-45-55(73)68-50(51(72)44-42-40-38-36-34-32-30-28-26-24-22-20-18-16-14-12-10-8-6-4-2)49-81-65-61(79)58(76)63(53(47-70)83-65)86-67-62(80)59(77)64(54(48-71)84-67)85-66-60(78)57(75)56(74)52(46-69)82-66/h34,36,42,44,50-54,56-67,69-72,74-80H,3-33,35,37-41,43,45-49H2,1-2H3,(H,68,73)/b36-34+,44-42+. The Bertz CT molecular complexity index is 1660. The summed E-state index contributed by atoms with van der Waals surface area (Å²) in [6, 6.07) is -0.986. The number of nitrogens with one attached hydrogen (secondary N) is 1. The number of amides is 1. The molecule has 3 saturated heterocycles. The number of aliphatic hydroxyl groups is 11. The highest BCUT2D eigenvalue weighted by molar-refractivity contribution is 5.76. The van der Waals surface area contributed by atoms with E-state index in [2.05, 4.69) is 31.3 Å². The molecule has 0 aromatic carbocycles. The summed E-state index contributed by atoms with van der Waals surface area (Å²) in [5.74, 6) is -0.280. The Balaban J connectivity index is 1.46. The lowest BCUT2D eigenvalue weighted by Gasteiger charge is -2.48. The maximum absolute atomic E-state index is 13.4. The van der Waals surface area contributed by atoms with Crippen molar-refractivity contribution < 1.29 is 89.4 Å². The summed E-state index contributed by atoms with van der Waals surface area (Å²) < 4.78 is 34.3. The molecule has 0 aromatic rings. The summed E-state index contributed by atoms with van der Waals surface area (Å²) in [6.45, 7) is 1.75. The van der Waals surface area contributed by atoms with Gasteiger partial charge in [0.05, 0.1) is 38.6 Å². The van der Waals surface area contributed by atoms with Crippen LogP contribution < -0.4 is 5.32 Å². The van der Waals surface area contributed by atoms with Crippen LogP contribution in [0.2, 0.25) is 0 Å². The molecule has 0 spiro atoms. The molecule has 506 valence electrons. The number of allylic oxidation sites excluding steroid dienone is 3. The van der Waals surface area contributed by atoms with Gasteiger partial charge in [0.1, 0.15) is 73.2 Å². The van der Waals surface area contributed by atoms with Crippen LogP contribution in [0.25, 0.3) is 0 Å². The normalized spacial score (nSPS) is 28.9. The van der Waals surface area contributed by atoms with Crippen molar-refractivity contribution in [2.75, 3.05) is 26.4 Å². The number of carbonyl (C=O) groups is 1. The fourth-order valence-electron chi connectivity index (χ4n) is 11.9. The SMILES string of the molecule is CCCCCCCCCCCCCCCC/C=C/CC/C=C/C(O)C(COC1OC(CO)C(OC2OC(CO)C(OC3OC(CO)C(O)C(O)C3O)C(O)C2O)C(O)C1O)NC(=O)CCCCCCCCCCCCCCCCCCCCCCC. The van der Waals surface area contributed by atoms with Crippen molar-refractivity contribution >= 4 is 5.91 Å². The van der Waals surface area contributed by atoms with E-state index in [1.165, 1.54) is 193 Å². The number of hydrogen-bond donors (Lipinski definition) is 12. The van der Waals surface area contributed by atoms with Crippen LogP contribution in [0.1, 0.15) is 264 Å². The third-order valence-electron chi connectivity index (χ3n) is 17.5. The monoisotopic (exact) mass is 1230 g/mol. The van der Waals surface area contributed by atoms with Crippen LogP contribution >= 0.6 is 0 Å². The van der Waals surface area contributed by atoms with Crippen molar-refractivity contribution in [2.45, 2.75) is 369 Å². The molecule has 19 nitrogen and oxygen atoms in total. The smallest absolute Gasteiger partial charge is 0.220 e. The lowest BCUT2D eigenvalue weighted by Crippen LogP contribution is -2.66. The molecule has 0 aliphatic carbocycles. The molecule has 3 heterocycles. The first-order valence-electron chi connectivity index (χ1n) is 34.6. The summed E-state index contributed by atoms with van der Waals surface area (Å²) in [5, 5.41) is 120. The van der Waals surface area contributed by atoms with Crippen molar-refractivity contribution in [1.82, 2.24) is 5.32 Å². The molecule has 12 N–H and O–H groups in total. The molecule has 0 bridgehead atoms. The van der Waals surface area contributed by atoms with Crippen molar-refractivity contribution in [1.29, 1.82) is 0 Å². The first kappa shape index (κ1) is 78.5. The van der Waals surface area contributed by atoms with Gasteiger partial charge in [-0.25, -0.2) is 0 Å². The molecule has 17 atom stereocenters. The van der Waals surface area contributed by atoms with E-state index < -0.39 is 124 Å². The number of aliphatic hydroxyl groups excluding tert-OH is 11. The Morgan fingerprint density at radius 3 is 1.16 bits per heavy atom. The Kier molecular flexibility index (Phi) is 45.6. The number of rotatable bonds is 53. The lowest BCUT2D eigenvalue weighted by molar-refractivity contribution is -0.379. The van der Waals surface area contributed by atoms with Crippen molar-refractivity contribution in [3.05, 3.63) is 24.3 Å². The second-order valence-corrected chi connectivity index (χ2v) is 25.0. The first-order chi connectivity index (χ1) is 41.8. The predicted molar refractivity (Wildman–Crippen MR) is 333 cm³/mol. The van der Waals surface area contributed by atoms with Crippen molar-refractivity contribution in [3.63, 3.8) is 0 Å². The molecule has 3 aliphatic rings. The van der Waals surface area contributed by atoms with Gasteiger partial charge >= 0.3 is 0 Å². The van der Waals surface area contributed by atoms with E-state index in [1.807, 2.05) is 6.08 Å². The second-order valence-electron chi connectivity index (χ2n) is 25.0. The molecular formula is C67H125NO18. The zero-order valence-electron chi connectivity index (χ0n) is 53.3. The number of hydrogen-bond acceptors (Lipinski definition) is 18. The quantitative estimate of drug-likeness (QED) is 0.0200. The van der Waals surface area contributed by atoms with Gasteiger partial charge in [0, 0.05) is 6.42 Å². The third-order valence-corrected chi connectivity index (χ3v) is 17.5. The van der Waals surface area contributed by atoms with E-state index in [0.717, 1.165) is 38.5 Å². The van der Waals surface area contributed by atoms with Crippen LogP contribution in [-0.2, 0) is 33.2 Å². The molecular weight excluding hydrogens is 1110 g/mol. The van der Waals surface area contributed by atoms with Gasteiger partial charge in [-0.1, -0.05) is 250 Å². The second kappa shape index (κ2) is 49.9. The fraction of sp³-hybridized carbons (Fsp3) is 0.925. The van der Waals surface area contributed by atoms with E-state index in [0.29, 0.717) is 12.8 Å². The van der Waals surface area contributed by atoms with Gasteiger partial charge in [-0.3, -0.25) is 4.79 Å². The fourth-order valence-corrected chi connectivity index (χ4v) is 11.9. The average Bonchev–Trinajstić information content (AvgIpc) is 2.22. The Labute approximate surface area is 518 Å². The van der Waals surface area contributed by atoms with Gasteiger partial charge < -0.3 is 89.9 Å². The minimum atomic E-state index is -1.98. The average molecular weight is 1230 g/mol. The molecule has 3 rings (SSSR count). The predicted octanol–water partition coefficient (Wildman–Crippen LogP) is 8.66. The highest BCUT2D eigenvalue weighted by Crippen LogP contribution is 2.33. The molecule has 17 unspecified atom stereocenters. The Morgan fingerprint density at radius 2 is 0.744 bits per heavy atom. The number of ether oxygens (including phenoxy) is 6. The van der Waals surface area contributed by atoms with Crippen LogP contribution in [0.4, 0.5) is 0 Å². The van der Waals surface area contributed by atoms with E-state index in [9.17, 15) is 61.0 Å². The zero-order chi connectivity index (χ0) is 62.6. The number of unbranched alkanes of at least 4 members (excludes halogenated alkanes) is 35. The zero-order valence-corrected chi connectivity index (χ0v) is 53.3. The summed E-state index contributed by atoms with van der Waals surface area (Å²) in [7, 11) is 0. The highest BCUT2D eigenvalue weighted by Gasteiger charge is 2.53.